The van der Waals surface area contributed by atoms with Crippen LogP contribution in [0.3, 0.4) is 0 Å². The Balaban J connectivity index is 0.00000139. The van der Waals surface area contributed by atoms with Gasteiger partial charge in [-0.1, -0.05) is 139 Å². The maximum Gasteiger partial charge on any atom is 0.417 e. The molecule has 4 aliphatic heterocycles. The molecule has 4 saturated heterocycles. The molecule has 24 heteroatoms. The number of amides is 8. The van der Waals surface area contributed by atoms with Crippen LogP contribution in [0.1, 0.15) is 263 Å². The SMILES string of the molecule is C=CCC.C=CCC.C=CCC1(CC=C)CC(CO[Si](C)(C)C(C)(C)C)N(C(=O)OC(C)(C)C)C1=O.C=CCC1CC(CO[Si](C)(C)C(C)(C)C)N(C(=O)OC(C)(C)C)C1=O.CC(C)(C)OC(=O)N1C(=O)C2(CC=CC2)CC1CO[Si](C)(C)C(C)(C)C.CC(C)(C)OC(=O)N1C(=O)CCC1CCO[Si](C)(C)C(C)(C)C. The largest absolute Gasteiger partial charge is 0.443 e. The molecule has 1 aliphatic carbocycles. The molecule has 0 aromatic rings. The van der Waals surface area contributed by atoms with Crippen LogP contribution in [0.5, 0.6) is 0 Å². The van der Waals surface area contributed by atoms with Crippen LogP contribution in [0.2, 0.25) is 72.5 Å². The summed E-state index contributed by atoms with van der Waals surface area (Å²) in [6.45, 7) is 89.4. The van der Waals surface area contributed by atoms with Crippen LogP contribution >= 0.6 is 0 Å². The monoisotopic (exact) mass is 1620 g/mol. The third kappa shape index (κ3) is 32.7. The van der Waals surface area contributed by atoms with Gasteiger partial charge in [0, 0.05) is 25.0 Å². The molecule has 634 valence electrons. The van der Waals surface area contributed by atoms with Gasteiger partial charge in [-0.05, 0) is 233 Å². The summed E-state index contributed by atoms with van der Waals surface area (Å²) in [5.74, 6) is -0.876. The minimum atomic E-state index is -2.02. The first-order chi connectivity index (χ1) is 49.6. The van der Waals surface area contributed by atoms with Crippen molar-refractivity contribution < 1.29 is 75.0 Å². The lowest BCUT2D eigenvalue weighted by Gasteiger charge is -2.37. The number of likely N-dealkylation sites (tertiary alicyclic amines) is 4. The standard InChI is InChI=1S/C22H39NO4Si.C20H35NO4Si.C19H35NO4Si.C17H33NO4Si.2C4H8/c1-11-13-22(14-12-2)15-17(16-26-28(9,10)21(6,7)8)23(18(22)24)19(25)27-20(3,4)5;1-18(2,3)25-17(23)21-15(14-24-26(7,8)19(4,5)6)13-20(16(21)22)11-9-10-12-20;1-10-11-14-12-15(13-23-25(8,9)19(5,6)7)20(16(14)21)17(22)24-18(2,3)4;1-16(2,3)22-15(20)18-13(9-10-14(18)19)11-12-21-23(7,8)17(4,5)6;2*1-3-4-2/h11-12,17H,1-2,13-16H2,3-10H3;9-10,15H,11-14H2,1-8H3;10,14-15H,1,11-13H2,2-9H3;13H,9-12H2,1-8H3;2*3H,1,4H2,2H3. The van der Waals surface area contributed by atoms with Crippen molar-refractivity contribution in [2.24, 2.45) is 16.7 Å². The van der Waals surface area contributed by atoms with Crippen LogP contribution in [-0.4, -0.2) is 174 Å². The Hall–Kier alpha value is -5.09. The third-order valence-corrected chi connectivity index (χ3v) is 39.9. The molecular formula is C86H158N4O16Si4. The summed E-state index contributed by atoms with van der Waals surface area (Å²) in [4.78, 5) is 107. The molecule has 20 nitrogen and oxygen atoms in total. The lowest BCUT2D eigenvalue weighted by molar-refractivity contribution is -0.136. The van der Waals surface area contributed by atoms with E-state index < -0.39 is 90.9 Å². The van der Waals surface area contributed by atoms with Crippen molar-refractivity contribution in [3.63, 3.8) is 0 Å². The summed E-state index contributed by atoms with van der Waals surface area (Å²) in [5, 5.41) is 0.362. The van der Waals surface area contributed by atoms with Gasteiger partial charge in [0.2, 0.25) is 23.6 Å². The number of hydrogen-bond acceptors (Lipinski definition) is 16. The lowest BCUT2D eigenvalue weighted by Crippen LogP contribution is -2.48. The van der Waals surface area contributed by atoms with Gasteiger partial charge >= 0.3 is 24.4 Å². The van der Waals surface area contributed by atoms with Crippen molar-refractivity contribution in [2.75, 3.05) is 26.4 Å². The van der Waals surface area contributed by atoms with Crippen LogP contribution in [0.15, 0.2) is 75.4 Å². The number of imide groups is 4. The van der Waals surface area contributed by atoms with Gasteiger partial charge in [0.25, 0.3) is 0 Å². The second-order valence-corrected chi connectivity index (χ2v) is 59.4. The first-order valence-electron chi connectivity index (χ1n) is 40.1. The first kappa shape index (κ1) is 105. The van der Waals surface area contributed by atoms with E-state index in [-0.39, 0.29) is 73.9 Å². The molecule has 5 atom stereocenters. The molecule has 0 N–H and O–H groups in total. The maximum atomic E-state index is 13.4. The minimum Gasteiger partial charge on any atom is -0.443 e. The summed E-state index contributed by atoms with van der Waals surface area (Å²) in [6.07, 6.45) is 19.5. The average molecular weight is 1620 g/mol. The van der Waals surface area contributed by atoms with E-state index in [1.807, 2.05) is 45.1 Å². The quantitative estimate of drug-likeness (QED) is 0.0592. The molecular weight excluding hydrogens is 1460 g/mol. The summed E-state index contributed by atoms with van der Waals surface area (Å²) < 4.78 is 47.0. The Labute approximate surface area is 673 Å². The molecule has 4 fully saturated rings. The molecule has 110 heavy (non-hydrogen) atoms. The predicted molar refractivity (Wildman–Crippen MR) is 460 cm³/mol. The Bertz CT molecular complexity index is 3080. The average Bonchev–Trinajstić information content (AvgIpc) is 1.61. The summed E-state index contributed by atoms with van der Waals surface area (Å²) in [6, 6.07) is -0.994. The van der Waals surface area contributed by atoms with Crippen molar-refractivity contribution in [3.8, 4) is 0 Å². The van der Waals surface area contributed by atoms with Gasteiger partial charge in [-0.15, -0.1) is 32.9 Å². The number of carbonyl (C=O) groups is 8. The zero-order valence-electron chi connectivity index (χ0n) is 75.8. The molecule has 0 bridgehead atoms. The Kier molecular flexibility index (Phi) is 40.0. The van der Waals surface area contributed by atoms with Crippen molar-refractivity contribution in [3.05, 3.63) is 75.4 Å². The lowest BCUT2D eigenvalue weighted by atomic mass is 9.78. The van der Waals surface area contributed by atoms with Gasteiger partial charge < -0.3 is 36.7 Å². The van der Waals surface area contributed by atoms with Crippen molar-refractivity contribution in [2.45, 2.75) is 383 Å². The highest BCUT2D eigenvalue weighted by Gasteiger charge is 2.57. The van der Waals surface area contributed by atoms with E-state index in [0.29, 0.717) is 97.1 Å². The van der Waals surface area contributed by atoms with Gasteiger partial charge in [-0.2, -0.15) is 0 Å². The number of allylic oxidation sites excluding steroid dienone is 7. The zero-order valence-corrected chi connectivity index (χ0v) is 79.8. The van der Waals surface area contributed by atoms with E-state index >= 15 is 0 Å². The van der Waals surface area contributed by atoms with Crippen molar-refractivity contribution >= 4 is 81.3 Å². The number of ether oxygens (including phenoxy) is 4. The highest BCUT2D eigenvalue weighted by Crippen LogP contribution is 2.49. The molecule has 8 amide bonds. The molecule has 0 radical (unpaired) electrons. The minimum absolute atomic E-state index is 0.0473. The topological polar surface area (TPSA) is 223 Å². The molecule has 5 rings (SSSR count). The van der Waals surface area contributed by atoms with Crippen LogP contribution in [0.25, 0.3) is 0 Å². The van der Waals surface area contributed by atoms with E-state index in [2.05, 4.69) is 182 Å². The number of nitrogens with zero attached hydrogens (tertiary/aromatic N) is 4. The van der Waals surface area contributed by atoms with Crippen LogP contribution in [0, 0.1) is 16.7 Å². The highest BCUT2D eigenvalue weighted by molar-refractivity contribution is 6.75. The van der Waals surface area contributed by atoms with Gasteiger partial charge in [0.05, 0.1) is 48.8 Å². The van der Waals surface area contributed by atoms with Gasteiger partial charge in [0.15, 0.2) is 33.3 Å². The Morgan fingerprint density at radius 2 is 0.755 bits per heavy atom. The Morgan fingerprint density at radius 3 is 1.08 bits per heavy atom. The molecule has 5 unspecified atom stereocenters. The molecule has 0 aromatic carbocycles. The van der Waals surface area contributed by atoms with E-state index in [0.717, 1.165) is 12.8 Å². The molecule has 0 saturated carbocycles. The summed E-state index contributed by atoms with van der Waals surface area (Å²) >= 11 is 0. The number of hydrogen-bond donors (Lipinski definition) is 0. The number of rotatable bonds is 21. The third-order valence-electron chi connectivity index (χ3n) is 21.9. The zero-order chi connectivity index (χ0) is 86.4. The van der Waals surface area contributed by atoms with Crippen LogP contribution in [-0.2, 0) is 55.8 Å². The van der Waals surface area contributed by atoms with E-state index in [9.17, 15) is 38.4 Å². The second-order valence-electron chi connectivity index (χ2n) is 40.2. The molecule has 5 aliphatic rings. The van der Waals surface area contributed by atoms with Crippen molar-refractivity contribution in [1.29, 1.82) is 0 Å². The second kappa shape index (κ2) is 42.0. The molecule has 0 aromatic heterocycles. The van der Waals surface area contributed by atoms with Gasteiger partial charge in [-0.3, -0.25) is 19.2 Å². The summed E-state index contributed by atoms with van der Waals surface area (Å²) in [5.41, 5.74) is -3.74. The van der Waals surface area contributed by atoms with Gasteiger partial charge in [-0.25, -0.2) is 38.8 Å². The van der Waals surface area contributed by atoms with Crippen LogP contribution in [0.4, 0.5) is 19.2 Å². The van der Waals surface area contributed by atoms with Gasteiger partial charge in [0.1, 0.15) is 22.4 Å². The predicted octanol–water partition coefficient (Wildman–Crippen LogP) is 22.8. The fourth-order valence-electron chi connectivity index (χ4n) is 11.3. The normalized spacial score (nSPS) is 20.3. The van der Waals surface area contributed by atoms with E-state index in [1.165, 1.54) is 19.6 Å². The highest BCUT2D eigenvalue weighted by atomic mass is 28.4. The van der Waals surface area contributed by atoms with Crippen LogP contribution < -0.4 is 0 Å². The van der Waals surface area contributed by atoms with Crippen molar-refractivity contribution in [1.82, 2.24) is 19.6 Å². The summed E-state index contributed by atoms with van der Waals surface area (Å²) in [7, 11) is -7.74. The fraction of sp³-hybridized carbons (Fsp3) is 0.767. The fourth-order valence-corrected chi connectivity index (χ4v) is 15.5. The number of carbonyl (C=O) groups excluding carboxylic acids is 8. The molecule has 1 spiro atoms. The first-order valence-corrected chi connectivity index (χ1v) is 51.7. The Morgan fingerprint density at radius 1 is 0.436 bits per heavy atom. The van der Waals surface area contributed by atoms with E-state index in [4.69, 9.17) is 36.7 Å². The maximum absolute atomic E-state index is 13.4. The van der Waals surface area contributed by atoms with E-state index in [1.54, 1.807) is 80.5 Å². The molecule has 4 heterocycles. The smallest absolute Gasteiger partial charge is 0.417 e.